The van der Waals surface area contributed by atoms with E-state index in [0.717, 1.165) is 12.8 Å². The third kappa shape index (κ3) is 7.49. The highest BCUT2D eigenvalue weighted by molar-refractivity contribution is 5.96. The van der Waals surface area contributed by atoms with Crippen molar-refractivity contribution in [3.63, 3.8) is 0 Å². The molecule has 0 radical (unpaired) electrons. The molecular formula is C21H24N2O5. The number of nitrogens with one attached hydrogen (secondary N) is 2. The van der Waals surface area contributed by atoms with Crippen molar-refractivity contribution in [1.82, 2.24) is 10.6 Å². The predicted molar refractivity (Wildman–Crippen MR) is 104 cm³/mol. The van der Waals surface area contributed by atoms with Crippen molar-refractivity contribution >= 4 is 17.8 Å². The van der Waals surface area contributed by atoms with Crippen LogP contribution in [0.1, 0.15) is 30.1 Å². The van der Waals surface area contributed by atoms with Crippen LogP contribution in [0.25, 0.3) is 0 Å². The van der Waals surface area contributed by atoms with E-state index >= 15 is 0 Å². The molecule has 2 amide bonds. The number of carbonyl (C=O) groups excluding carboxylic acids is 3. The first kappa shape index (κ1) is 21.0. The second-order valence-corrected chi connectivity index (χ2v) is 5.99. The van der Waals surface area contributed by atoms with Crippen LogP contribution in [-0.4, -0.2) is 37.5 Å². The summed E-state index contributed by atoms with van der Waals surface area (Å²) in [5, 5.41) is 5.09. The first-order valence-electron chi connectivity index (χ1n) is 9.12. The molecule has 0 aliphatic carbocycles. The van der Waals surface area contributed by atoms with E-state index < -0.39 is 11.9 Å². The Hall–Kier alpha value is -3.35. The van der Waals surface area contributed by atoms with E-state index in [2.05, 4.69) is 10.6 Å². The molecule has 0 aliphatic rings. The van der Waals surface area contributed by atoms with Crippen molar-refractivity contribution in [2.24, 2.45) is 0 Å². The van der Waals surface area contributed by atoms with Gasteiger partial charge >= 0.3 is 5.97 Å². The third-order valence-electron chi connectivity index (χ3n) is 3.71. The van der Waals surface area contributed by atoms with E-state index in [-0.39, 0.29) is 19.1 Å². The van der Waals surface area contributed by atoms with Crippen LogP contribution >= 0.6 is 0 Å². The Balaban J connectivity index is 1.72. The number of amides is 2. The first-order chi connectivity index (χ1) is 13.6. The largest absolute Gasteiger partial charge is 0.457 e. The molecule has 0 aromatic heterocycles. The molecule has 7 nitrogen and oxygen atoms in total. The van der Waals surface area contributed by atoms with Gasteiger partial charge in [-0.05, 0) is 42.8 Å². The van der Waals surface area contributed by atoms with Gasteiger partial charge < -0.3 is 20.1 Å². The number of unbranched alkanes of at least 4 members (excludes halogenated alkanes) is 1. The normalized spacial score (nSPS) is 10.0. The summed E-state index contributed by atoms with van der Waals surface area (Å²) in [6.07, 6.45) is 1.83. The number of benzene rings is 2. The molecular weight excluding hydrogens is 360 g/mol. The maximum atomic E-state index is 12.1. The molecule has 0 atom stereocenters. The number of esters is 1. The molecule has 0 fully saturated rings. The Morgan fingerprint density at radius 1 is 0.893 bits per heavy atom. The molecule has 2 rings (SSSR count). The van der Waals surface area contributed by atoms with Crippen LogP contribution in [0.15, 0.2) is 54.6 Å². The van der Waals surface area contributed by atoms with Crippen LogP contribution in [0.5, 0.6) is 11.5 Å². The maximum absolute atomic E-state index is 12.1. The second kappa shape index (κ2) is 11.4. The van der Waals surface area contributed by atoms with Crippen molar-refractivity contribution < 1.29 is 23.9 Å². The predicted octanol–water partition coefficient (Wildman–Crippen LogP) is 2.67. The van der Waals surface area contributed by atoms with Crippen molar-refractivity contribution in [3.05, 3.63) is 60.2 Å². The summed E-state index contributed by atoms with van der Waals surface area (Å²) in [4.78, 5) is 35.2. The summed E-state index contributed by atoms with van der Waals surface area (Å²) in [5.74, 6) is -0.168. The number of carbonyl (C=O) groups is 3. The zero-order valence-electron chi connectivity index (χ0n) is 15.8. The van der Waals surface area contributed by atoms with E-state index in [1.807, 2.05) is 37.3 Å². The topological polar surface area (TPSA) is 93.7 Å². The first-order valence-corrected chi connectivity index (χ1v) is 9.12. The maximum Gasteiger partial charge on any atom is 0.325 e. The summed E-state index contributed by atoms with van der Waals surface area (Å²) in [7, 11) is 0. The van der Waals surface area contributed by atoms with Crippen molar-refractivity contribution in [1.29, 1.82) is 0 Å². The number of hydrogen-bond donors (Lipinski definition) is 2. The molecule has 0 heterocycles. The van der Waals surface area contributed by atoms with Gasteiger partial charge in [-0.3, -0.25) is 14.4 Å². The highest BCUT2D eigenvalue weighted by Crippen LogP contribution is 2.21. The molecule has 2 N–H and O–H groups in total. The van der Waals surface area contributed by atoms with Crippen LogP contribution in [0, 0.1) is 0 Å². The fraction of sp³-hybridized carbons (Fsp3) is 0.286. The summed E-state index contributed by atoms with van der Waals surface area (Å²) < 4.78 is 10.5. The van der Waals surface area contributed by atoms with E-state index in [4.69, 9.17) is 9.47 Å². The van der Waals surface area contributed by atoms with Crippen LogP contribution in [0.3, 0.4) is 0 Å². The number of ether oxygens (including phenoxy) is 2. The van der Waals surface area contributed by atoms with Gasteiger partial charge in [0.25, 0.3) is 11.8 Å². The summed E-state index contributed by atoms with van der Waals surface area (Å²) >= 11 is 0. The molecule has 2 aromatic rings. The average Bonchev–Trinajstić information content (AvgIpc) is 2.72. The molecule has 0 saturated heterocycles. The third-order valence-corrected chi connectivity index (χ3v) is 3.71. The monoisotopic (exact) mass is 384 g/mol. The minimum Gasteiger partial charge on any atom is -0.457 e. The minimum atomic E-state index is -0.678. The zero-order chi connectivity index (χ0) is 20.2. The fourth-order valence-corrected chi connectivity index (χ4v) is 2.21. The van der Waals surface area contributed by atoms with E-state index in [9.17, 15) is 14.4 Å². The van der Waals surface area contributed by atoms with Crippen molar-refractivity contribution in [2.45, 2.75) is 19.8 Å². The molecule has 0 unspecified atom stereocenters. The average molecular weight is 384 g/mol. The van der Waals surface area contributed by atoms with Gasteiger partial charge in [0.1, 0.15) is 18.0 Å². The Labute approximate surface area is 164 Å². The lowest BCUT2D eigenvalue weighted by atomic mass is 10.2. The van der Waals surface area contributed by atoms with Gasteiger partial charge in [-0.1, -0.05) is 31.5 Å². The molecule has 148 valence electrons. The fourth-order valence-electron chi connectivity index (χ4n) is 2.21. The van der Waals surface area contributed by atoms with Gasteiger partial charge in [0.05, 0.1) is 0 Å². The Morgan fingerprint density at radius 3 is 2.25 bits per heavy atom. The van der Waals surface area contributed by atoms with E-state index in [1.165, 1.54) is 0 Å². The smallest absolute Gasteiger partial charge is 0.325 e. The molecule has 0 saturated carbocycles. The Bertz CT molecular complexity index is 775. The van der Waals surface area contributed by atoms with Gasteiger partial charge in [-0.25, -0.2) is 0 Å². The quantitative estimate of drug-likeness (QED) is 0.485. The van der Waals surface area contributed by atoms with Gasteiger partial charge in [0.2, 0.25) is 0 Å². The molecule has 0 spiro atoms. The Kier molecular flexibility index (Phi) is 8.52. The van der Waals surface area contributed by atoms with Gasteiger partial charge in [0, 0.05) is 12.1 Å². The second-order valence-electron chi connectivity index (χ2n) is 5.99. The number of para-hydroxylation sites is 1. The molecule has 0 bridgehead atoms. The lowest BCUT2D eigenvalue weighted by molar-refractivity contribution is -0.147. The van der Waals surface area contributed by atoms with Gasteiger partial charge in [0.15, 0.2) is 6.61 Å². The van der Waals surface area contributed by atoms with E-state index in [1.54, 1.807) is 24.3 Å². The highest BCUT2D eigenvalue weighted by atomic mass is 16.5. The molecule has 7 heteroatoms. The summed E-state index contributed by atoms with van der Waals surface area (Å²) in [6.45, 7) is 1.89. The van der Waals surface area contributed by atoms with Crippen LogP contribution in [-0.2, 0) is 14.3 Å². The summed E-state index contributed by atoms with van der Waals surface area (Å²) in [6, 6.07) is 15.8. The number of rotatable bonds is 10. The summed E-state index contributed by atoms with van der Waals surface area (Å²) in [5.41, 5.74) is 0.380. The minimum absolute atomic E-state index is 0.316. The van der Waals surface area contributed by atoms with Crippen LogP contribution in [0.2, 0.25) is 0 Å². The van der Waals surface area contributed by atoms with Crippen molar-refractivity contribution in [3.8, 4) is 11.5 Å². The zero-order valence-corrected chi connectivity index (χ0v) is 15.8. The van der Waals surface area contributed by atoms with Crippen LogP contribution in [0.4, 0.5) is 0 Å². The lowest BCUT2D eigenvalue weighted by Gasteiger charge is -2.08. The standard InChI is InChI=1S/C21H24N2O5/c1-2-3-13-22-19(24)15-27-20(25)14-23-21(26)16-9-11-18(12-10-16)28-17-7-5-4-6-8-17/h4-12H,2-3,13-15H2,1H3,(H,22,24)(H,23,26). The van der Waals surface area contributed by atoms with Crippen LogP contribution < -0.4 is 15.4 Å². The van der Waals surface area contributed by atoms with Gasteiger partial charge in [-0.15, -0.1) is 0 Å². The molecule has 28 heavy (non-hydrogen) atoms. The Morgan fingerprint density at radius 2 is 1.57 bits per heavy atom. The number of hydrogen-bond acceptors (Lipinski definition) is 5. The van der Waals surface area contributed by atoms with E-state index in [0.29, 0.717) is 23.6 Å². The van der Waals surface area contributed by atoms with Crippen molar-refractivity contribution in [2.75, 3.05) is 19.7 Å². The molecule has 2 aromatic carbocycles. The lowest BCUT2D eigenvalue weighted by Crippen LogP contribution is -2.34. The molecule has 0 aliphatic heterocycles. The van der Waals surface area contributed by atoms with Gasteiger partial charge in [-0.2, -0.15) is 0 Å². The highest BCUT2D eigenvalue weighted by Gasteiger charge is 2.11. The SMILES string of the molecule is CCCCNC(=O)COC(=O)CNC(=O)c1ccc(Oc2ccccc2)cc1.